The van der Waals surface area contributed by atoms with Crippen molar-refractivity contribution in [3.63, 3.8) is 0 Å². The smallest absolute Gasteiger partial charge is 0.331 e. The maximum atomic E-state index is 12.1. The Kier molecular flexibility index (Phi) is 5.31. The van der Waals surface area contributed by atoms with Crippen molar-refractivity contribution in [3.05, 3.63) is 62.3 Å². The summed E-state index contributed by atoms with van der Waals surface area (Å²) in [6.45, 7) is 0. The van der Waals surface area contributed by atoms with E-state index in [2.05, 4.69) is 15.5 Å². The molecule has 1 aliphatic carbocycles. The van der Waals surface area contributed by atoms with Crippen molar-refractivity contribution in [1.82, 2.24) is 15.0 Å². The number of H-pyrrole nitrogens is 1. The number of hydrogen-bond donors (Lipinski definition) is 3. The van der Waals surface area contributed by atoms with Crippen LogP contribution in [-0.4, -0.2) is 26.8 Å². The third kappa shape index (κ3) is 3.74. The van der Waals surface area contributed by atoms with Gasteiger partial charge in [-0.1, -0.05) is 37.5 Å². The molecular formula is C18H20N4O4. The zero-order chi connectivity index (χ0) is 18.5. The van der Waals surface area contributed by atoms with Gasteiger partial charge in [0.05, 0.1) is 6.21 Å². The molecule has 0 unspecified atom stereocenters. The Labute approximate surface area is 149 Å². The molecule has 1 heterocycles. The van der Waals surface area contributed by atoms with Gasteiger partial charge in [-0.2, -0.15) is 5.10 Å². The molecule has 0 saturated heterocycles. The molecule has 26 heavy (non-hydrogen) atoms. The molecule has 2 aromatic rings. The first-order valence-corrected chi connectivity index (χ1v) is 8.54. The molecule has 1 aromatic carbocycles. The Morgan fingerprint density at radius 3 is 2.58 bits per heavy atom. The van der Waals surface area contributed by atoms with E-state index in [-0.39, 0.29) is 11.6 Å². The number of rotatable bonds is 4. The van der Waals surface area contributed by atoms with Gasteiger partial charge in [0, 0.05) is 11.6 Å². The van der Waals surface area contributed by atoms with Gasteiger partial charge in [0.15, 0.2) is 0 Å². The number of carbonyl (C=O) groups excluding carboxylic acids is 1. The summed E-state index contributed by atoms with van der Waals surface area (Å²) < 4.78 is 1.21. The minimum Gasteiger partial charge on any atom is -0.494 e. The van der Waals surface area contributed by atoms with Crippen LogP contribution in [0.4, 0.5) is 0 Å². The maximum Gasteiger partial charge on any atom is 0.331 e. The quantitative estimate of drug-likeness (QED) is 0.569. The fraction of sp³-hybridized carbons (Fsp3) is 0.333. The van der Waals surface area contributed by atoms with E-state index >= 15 is 0 Å². The highest BCUT2D eigenvalue weighted by atomic mass is 16.3. The molecule has 3 N–H and O–H groups in total. The van der Waals surface area contributed by atoms with E-state index in [0.717, 1.165) is 38.3 Å². The second-order valence-corrected chi connectivity index (χ2v) is 6.22. The van der Waals surface area contributed by atoms with E-state index in [4.69, 9.17) is 0 Å². The molecule has 1 aliphatic rings. The van der Waals surface area contributed by atoms with E-state index in [1.807, 2.05) is 0 Å². The molecule has 0 spiro atoms. The SMILES string of the molecule is O=C(NN=Cc1c(O)n(C2CCCCC2)c(=O)[nH]c1=O)c1ccccc1. The average molecular weight is 356 g/mol. The molecule has 0 aliphatic heterocycles. The first-order valence-electron chi connectivity index (χ1n) is 8.54. The molecule has 1 aromatic heterocycles. The second kappa shape index (κ2) is 7.81. The Morgan fingerprint density at radius 1 is 1.19 bits per heavy atom. The molecule has 8 heteroatoms. The second-order valence-electron chi connectivity index (χ2n) is 6.22. The van der Waals surface area contributed by atoms with Gasteiger partial charge in [-0.3, -0.25) is 19.1 Å². The lowest BCUT2D eigenvalue weighted by Gasteiger charge is -2.24. The standard InChI is InChI=1S/C18H20N4O4/c23-15(12-7-3-1-4-8-12)21-19-11-14-16(24)20-18(26)22(17(14)25)13-9-5-2-6-10-13/h1,3-4,7-8,11,13,25H,2,5-6,9-10H2,(H,21,23)(H,20,24,26). The third-order valence-electron chi connectivity index (χ3n) is 4.49. The normalized spacial score (nSPS) is 15.2. The van der Waals surface area contributed by atoms with Crippen molar-refractivity contribution in [3.8, 4) is 5.88 Å². The molecule has 1 amide bonds. The van der Waals surface area contributed by atoms with E-state index in [1.54, 1.807) is 30.3 Å². The fourth-order valence-corrected chi connectivity index (χ4v) is 3.16. The van der Waals surface area contributed by atoms with Crippen LogP contribution in [0.15, 0.2) is 45.0 Å². The minimum absolute atomic E-state index is 0.154. The van der Waals surface area contributed by atoms with E-state index < -0.39 is 23.0 Å². The number of carbonyl (C=O) groups is 1. The molecule has 0 bridgehead atoms. The van der Waals surface area contributed by atoms with Gasteiger partial charge < -0.3 is 5.11 Å². The van der Waals surface area contributed by atoms with Crippen LogP contribution >= 0.6 is 0 Å². The van der Waals surface area contributed by atoms with Crippen molar-refractivity contribution in [2.24, 2.45) is 5.10 Å². The van der Waals surface area contributed by atoms with Crippen molar-refractivity contribution < 1.29 is 9.90 Å². The summed E-state index contributed by atoms with van der Waals surface area (Å²) in [5, 5.41) is 14.2. The Bertz CT molecular complexity index is 924. The van der Waals surface area contributed by atoms with Crippen LogP contribution in [0.25, 0.3) is 0 Å². The zero-order valence-electron chi connectivity index (χ0n) is 14.1. The number of amides is 1. The lowest BCUT2D eigenvalue weighted by Crippen LogP contribution is -2.35. The van der Waals surface area contributed by atoms with Crippen molar-refractivity contribution >= 4 is 12.1 Å². The van der Waals surface area contributed by atoms with Crippen LogP contribution in [0, 0.1) is 0 Å². The average Bonchev–Trinajstić information content (AvgIpc) is 2.65. The number of aromatic nitrogens is 2. The van der Waals surface area contributed by atoms with E-state index in [9.17, 15) is 19.5 Å². The molecule has 136 valence electrons. The van der Waals surface area contributed by atoms with Crippen LogP contribution in [-0.2, 0) is 0 Å². The number of hydrazone groups is 1. The predicted octanol–water partition coefficient (Wildman–Crippen LogP) is 1.51. The Morgan fingerprint density at radius 2 is 1.88 bits per heavy atom. The number of hydrogen-bond acceptors (Lipinski definition) is 5. The summed E-state index contributed by atoms with van der Waals surface area (Å²) in [7, 11) is 0. The van der Waals surface area contributed by atoms with Crippen LogP contribution < -0.4 is 16.7 Å². The molecular weight excluding hydrogens is 336 g/mol. The van der Waals surface area contributed by atoms with E-state index in [1.165, 1.54) is 4.57 Å². The van der Waals surface area contributed by atoms with Crippen molar-refractivity contribution in [2.45, 2.75) is 38.1 Å². The maximum absolute atomic E-state index is 12.1. The highest BCUT2D eigenvalue weighted by Gasteiger charge is 2.22. The largest absolute Gasteiger partial charge is 0.494 e. The van der Waals surface area contributed by atoms with Crippen LogP contribution in [0.1, 0.15) is 54.1 Å². The van der Waals surface area contributed by atoms with Crippen molar-refractivity contribution in [1.29, 1.82) is 0 Å². The first-order chi connectivity index (χ1) is 12.6. The van der Waals surface area contributed by atoms with Gasteiger partial charge in [0.25, 0.3) is 11.5 Å². The topological polar surface area (TPSA) is 117 Å². The highest BCUT2D eigenvalue weighted by Crippen LogP contribution is 2.29. The number of aromatic hydroxyl groups is 1. The molecule has 1 saturated carbocycles. The first kappa shape index (κ1) is 17.7. The molecule has 8 nitrogen and oxygen atoms in total. The fourth-order valence-electron chi connectivity index (χ4n) is 3.16. The van der Waals surface area contributed by atoms with E-state index in [0.29, 0.717) is 5.56 Å². The monoisotopic (exact) mass is 356 g/mol. The summed E-state index contributed by atoms with van der Waals surface area (Å²) in [6, 6.07) is 8.31. The van der Waals surface area contributed by atoms with Crippen LogP contribution in [0.5, 0.6) is 5.88 Å². The lowest BCUT2D eigenvalue weighted by atomic mass is 9.95. The predicted molar refractivity (Wildman–Crippen MR) is 96.6 cm³/mol. The Balaban J connectivity index is 1.84. The summed E-state index contributed by atoms with van der Waals surface area (Å²) in [5.41, 5.74) is 1.16. The van der Waals surface area contributed by atoms with Crippen LogP contribution in [0.3, 0.4) is 0 Å². The molecule has 0 radical (unpaired) electrons. The molecule has 0 atom stereocenters. The molecule has 3 rings (SSSR count). The van der Waals surface area contributed by atoms with Crippen molar-refractivity contribution in [2.75, 3.05) is 0 Å². The summed E-state index contributed by atoms with van der Waals surface area (Å²) in [6.07, 6.45) is 5.60. The zero-order valence-corrected chi connectivity index (χ0v) is 14.1. The Hall–Kier alpha value is -3.16. The number of nitrogens with one attached hydrogen (secondary N) is 2. The minimum atomic E-state index is -0.753. The number of benzene rings is 1. The summed E-state index contributed by atoms with van der Waals surface area (Å²) >= 11 is 0. The number of nitrogens with zero attached hydrogens (tertiary/aromatic N) is 2. The summed E-state index contributed by atoms with van der Waals surface area (Å²) in [5.74, 6) is -0.873. The van der Waals surface area contributed by atoms with Gasteiger partial charge in [-0.25, -0.2) is 10.2 Å². The van der Waals surface area contributed by atoms with Gasteiger partial charge >= 0.3 is 5.69 Å². The van der Waals surface area contributed by atoms with Gasteiger partial charge in [0.1, 0.15) is 5.56 Å². The van der Waals surface area contributed by atoms with Gasteiger partial charge in [-0.15, -0.1) is 0 Å². The summed E-state index contributed by atoms with van der Waals surface area (Å²) in [4.78, 5) is 38.3. The molecule has 1 fully saturated rings. The van der Waals surface area contributed by atoms with Crippen LogP contribution in [0.2, 0.25) is 0 Å². The number of aromatic amines is 1. The highest BCUT2D eigenvalue weighted by molar-refractivity contribution is 5.94. The van der Waals surface area contributed by atoms with Gasteiger partial charge in [0.2, 0.25) is 5.88 Å². The lowest BCUT2D eigenvalue weighted by molar-refractivity contribution is 0.0955. The van der Waals surface area contributed by atoms with Gasteiger partial charge in [-0.05, 0) is 25.0 Å². The third-order valence-corrected chi connectivity index (χ3v) is 4.49.